The maximum atomic E-state index is 4.68. The van der Waals surface area contributed by atoms with Gasteiger partial charge in [-0.2, -0.15) is 9.61 Å². The van der Waals surface area contributed by atoms with Gasteiger partial charge in [-0.1, -0.05) is 35.6 Å². The maximum Gasteiger partial charge on any atom is 0.235 e. The van der Waals surface area contributed by atoms with E-state index >= 15 is 0 Å². The molecule has 0 aliphatic heterocycles. The lowest BCUT2D eigenvalue weighted by atomic mass is 10.2. The van der Waals surface area contributed by atoms with Crippen molar-refractivity contribution >= 4 is 27.2 Å². The van der Waals surface area contributed by atoms with Crippen LogP contribution in [0, 0.1) is 0 Å². The fourth-order valence-corrected chi connectivity index (χ4v) is 3.42. The average Bonchev–Trinajstić information content (AvgIpc) is 3.23. The van der Waals surface area contributed by atoms with Crippen LogP contribution in [0.15, 0.2) is 60.9 Å². The molecule has 1 aromatic carbocycles. The van der Waals surface area contributed by atoms with Crippen LogP contribution in [-0.4, -0.2) is 29.8 Å². The van der Waals surface area contributed by atoms with Crippen molar-refractivity contribution in [2.45, 2.75) is 0 Å². The van der Waals surface area contributed by atoms with Crippen LogP contribution in [0.1, 0.15) is 0 Å². The van der Waals surface area contributed by atoms with Crippen molar-refractivity contribution in [3.63, 3.8) is 0 Å². The molecule has 4 aromatic heterocycles. The van der Waals surface area contributed by atoms with Crippen LogP contribution >= 0.6 is 11.3 Å². The highest BCUT2D eigenvalue weighted by molar-refractivity contribution is 7.19. The van der Waals surface area contributed by atoms with E-state index in [2.05, 4.69) is 25.3 Å². The van der Waals surface area contributed by atoms with Crippen LogP contribution < -0.4 is 0 Å². The average molecular weight is 330 g/mol. The highest BCUT2D eigenvalue weighted by Gasteiger charge is 2.15. The number of rotatable bonds is 2. The Bertz CT molecular complexity index is 1160. The highest BCUT2D eigenvalue weighted by atomic mass is 32.1. The Kier molecular flexibility index (Phi) is 2.86. The molecule has 0 saturated heterocycles. The SMILES string of the molecule is c1ccc2nc(-c3nnc4sc(-c5ccncc5)nn34)ccc2c1. The van der Waals surface area contributed by atoms with Gasteiger partial charge in [0.2, 0.25) is 10.8 Å². The van der Waals surface area contributed by atoms with E-state index in [1.165, 1.54) is 11.3 Å². The van der Waals surface area contributed by atoms with E-state index in [4.69, 9.17) is 0 Å². The zero-order valence-corrected chi connectivity index (χ0v) is 13.2. The molecule has 0 amide bonds. The first-order chi connectivity index (χ1) is 11.9. The molecule has 0 aliphatic carbocycles. The Morgan fingerprint density at radius 3 is 2.67 bits per heavy atom. The number of hydrogen-bond acceptors (Lipinski definition) is 6. The second-order valence-electron chi connectivity index (χ2n) is 5.25. The topological polar surface area (TPSA) is 68.9 Å². The van der Waals surface area contributed by atoms with E-state index in [0.29, 0.717) is 5.82 Å². The number of aromatic nitrogens is 6. The first-order valence-corrected chi connectivity index (χ1v) is 8.19. The predicted molar refractivity (Wildman–Crippen MR) is 92.6 cm³/mol. The fourth-order valence-electron chi connectivity index (χ4n) is 2.58. The summed E-state index contributed by atoms with van der Waals surface area (Å²) in [7, 11) is 0. The van der Waals surface area contributed by atoms with Crippen molar-refractivity contribution in [3.8, 4) is 22.1 Å². The molecule has 0 bridgehead atoms. The quantitative estimate of drug-likeness (QED) is 0.496. The van der Waals surface area contributed by atoms with Crippen molar-refractivity contribution in [2.75, 3.05) is 0 Å². The third-order valence-electron chi connectivity index (χ3n) is 3.75. The molecule has 0 fully saturated rings. The molecule has 0 atom stereocenters. The van der Waals surface area contributed by atoms with Crippen LogP contribution in [0.25, 0.3) is 38.0 Å². The van der Waals surface area contributed by atoms with E-state index < -0.39 is 0 Å². The largest absolute Gasteiger partial charge is 0.265 e. The van der Waals surface area contributed by atoms with Crippen LogP contribution in [0.2, 0.25) is 0 Å². The van der Waals surface area contributed by atoms with Gasteiger partial charge >= 0.3 is 0 Å². The molecule has 0 aliphatic rings. The summed E-state index contributed by atoms with van der Waals surface area (Å²) in [6, 6.07) is 15.8. The minimum absolute atomic E-state index is 0.646. The minimum atomic E-state index is 0.646. The Balaban J connectivity index is 1.67. The van der Waals surface area contributed by atoms with Crippen molar-refractivity contribution in [3.05, 3.63) is 60.9 Å². The summed E-state index contributed by atoms with van der Waals surface area (Å²) in [6.07, 6.45) is 3.51. The van der Waals surface area contributed by atoms with Crippen LogP contribution in [0.5, 0.6) is 0 Å². The van der Waals surface area contributed by atoms with Gasteiger partial charge in [0.25, 0.3) is 0 Å². The van der Waals surface area contributed by atoms with Gasteiger partial charge in [-0.25, -0.2) is 4.98 Å². The molecule has 0 N–H and O–H groups in total. The monoisotopic (exact) mass is 330 g/mol. The molecular formula is C17H10N6S. The summed E-state index contributed by atoms with van der Waals surface area (Å²) in [5.74, 6) is 0.646. The molecular weight excluding hydrogens is 320 g/mol. The van der Waals surface area contributed by atoms with Crippen molar-refractivity contribution in [1.82, 2.24) is 29.8 Å². The third kappa shape index (κ3) is 2.06. The zero-order valence-electron chi connectivity index (χ0n) is 12.4. The predicted octanol–water partition coefficient (Wildman–Crippen LogP) is 3.46. The van der Waals surface area contributed by atoms with Gasteiger partial charge in [0.1, 0.15) is 10.7 Å². The molecule has 5 aromatic rings. The summed E-state index contributed by atoms with van der Waals surface area (Å²) in [5, 5.41) is 15.1. The number of hydrogen-bond donors (Lipinski definition) is 0. The van der Waals surface area contributed by atoms with Crippen molar-refractivity contribution < 1.29 is 0 Å². The van der Waals surface area contributed by atoms with Gasteiger partial charge in [-0.05, 0) is 24.3 Å². The molecule has 0 saturated carbocycles. The summed E-state index contributed by atoms with van der Waals surface area (Å²) >= 11 is 1.49. The smallest absolute Gasteiger partial charge is 0.235 e. The Labute approximate surface area is 140 Å². The number of para-hydroxylation sites is 1. The van der Waals surface area contributed by atoms with Crippen LogP contribution in [-0.2, 0) is 0 Å². The summed E-state index contributed by atoms with van der Waals surface area (Å²) in [6.45, 7) is 0. The van der Waals surface area contributed by atoms with Crippen molar-refractivity contribution in [2.24, 2.45) is 0 Å². The molecule has 24 heavy (non-hydrogen) atoms. The van der Waals surface area contributed by atoms with E-state index in [0.717, 1.165) is 32.1 Å². The van der Waals surface area contributed by atoms with Gasteiger partial charge in [0.15, 0.2) is 0 Å². The Hall–Kier alpha value is -3.19. The van der Waals surface area contributed by atoms with E-state index in [-0.39, 0.29) is 0 Å². The van der Waals surface area contributed by atoms with E-state index in [1.807, 2.05) is 48.5 Å². The molecule has 6 nitrogen and oxygen atoms in total. The molecule has 0 radical (unpaired) electrons. The fraction of sp³-hybridized carbons (Fsp3) is 0. The lowest BCUT2D eigenvalue weighted by Crippen LogP contribution is -1.93. The van der Waals surface area contributed by atoms with Crippen molar-refractivity contribution in [1.29, 1.82) is 0 Å². The summed E-state index contributed by atoms with van der Waals surface area (Å²) in [4.78, 5) is 9.46. The second-order valence-corrected chi connectivity index (χ2v) is 6.21. The van der Waals surface area contributed by atoms with Gasteiger partial charge in [-0.15, -0.1) is 10.2 Å². The standard InChI is InChI=1S/C17H10N6S/c1-2-4-13-11(3-1)5-6-14(19-13)15-20-21-17-23(15)22-16(24-17)12-7-9-18-10-8-12/h1-10H. The highest BCUT2D eigenvalue weighted by Crippen LogP contribution is 2.27. The third-order valence-corrected chi connectivity index (χ3v) is 4.69. The molecule has 114 valence electrons. The second kappa shape index (κ2) is 5.17. The molecule has 5 rings (SSSR count). The van der Waals surface area contributed by atoms with Gasteiger partial charge < -0.3 is 0 Å². The molecule has 4 heterocycles. The first kappa shape index (κ1) is 13.3. The summed E-state index contributed by atoms with van der Waals surface area (Å²) in [5.41, 5.74) is 2.70. The Morgan fingerprint density at radius 2 is 1.75 bits per heavy atom. The molecule has 0 spiro atoms. The number of nitrogens with zero attached hydrogens (tertiary/aromatic N) is 6. The van der Waals surface area contributed by atoms with Gasteiger partial charge in [0.05, 0.1) is 5.52 Å². The molecule has 0 unspecified atom stereocenters. The normalized spacial score (nSPS) is 11.3. The summed E-state index contributed by atoms with van der Waals surface area (Å²) < 4.78 is 1.75. The van der Waals surface area contributed by atoms with E-state index in [1.54, 1.807) is 16.9 Å². The van der Waals surface area contributed by atoms with Gasteiger partial charge in [0, 0.05) is 23.3 Å². The zero-order chi connectivity index (χ0) is 15.9. The number of fused-ring (bicyclic) bond motifs is 2. The number of benzene rings is 1. The van der Waals surface area contributed by atoms with Gasteiger partial charge in [-0.3, -0.25) is 4.98 Å². The lowest BCUT2D eigenvalue weighted by molar-refractivity contribution is 0.963. The maximum absolute atomic E-state index is 4.68. The van der Waals surface area contributed by atoms with Crippen LogP contribution in [0.4, 0.5) is 0 Å². The van der Waals surface area contributed by atoms with Crippen LogP contribution in [0.3, 0.4) is 0 Å². The first-order valence-electron chi connectivity index (χ1n) is 7.37. The van der Waals surface area contributed by atoms with E-state index in [9.17, 15) is 0 Å². The molecule has 7 heteroatoms. The number of pyridine rings is 2. The minimum Gasteiger partial charge on any atom is -0.265 e. The Morgan fingerprint density at radius 1 is 0.875 bits per heavy atom. The lowest BCUT2D eigenvalue weighted by Gasteiger charge is -2.00.